The summed E-state index contributed by atoms with van der Waals surface area (Å²) in [5.74, 6) is 0. The quantitative estimate of drug-likeness (QED) is 0.576. The lowest BCUT2D eigenvalue weighted by Crippen LogP contribution is -2.17. The topological polar surface area (TPSA) is 32.3 Å². The molecule has 0 aliphatic carbocycles. The summed E-state index contributed by atoms with van der Waals surface area (Å²) in [7, 11) is 0. The van der Waals surface area contributed by atoms with E-state index in [9.17, 15) is 5.11 Å². The van der Waals surface area contributed by atoms with Crippen molar-refractivity contribution in [2.24, 2.45) is 0 Å². The molecule has 0 spiro atoms. The number of halogens is 1. The maximum absolute atomic E-state index is 9.80. The highest BCUT2D eigenvalue weighted by Gasteiger charge is 2.05. The molecule has 0 saturated carbocycles. The Hall–Kier alpha value is -0.830. The van der Waals surface area contributed by atoms with Gasteiger partial charge in [0.05, 0.1) is 6.10 Å². The fourth-order valence-corrected chi connectivity index (χ4v) is 1.42. The molecular weight excluding hydrogens is 210 g/mol. The zero-order chi connectivity index (χ0) is 11.1. The van der Waals surface area contributed by atoms with Gasteiger partial charge < -0.3 is 10.4 Å². The first-order valence-corrected chi connectivity index (χ1v) is 5.37. The Labute approximate surface area is 95.6 Å². The minimum Gasteiger partial charge on any atom is -0.388 e. The second kappa shape index (κ2) is 6.62. The summed E-state index contributed by atoms with van der Waals surface area (Å²) in [4.78, 5) is 0. The highest BCUT2D eigenvalue weighted by Crippen LogP contribution is 2.18. The van der Waals surface area contributed by atoms with Crippen LogP contribution in [0, 0.1) is 0 Å². The van der Waals surface area contributed by atoms with Crippen molar-refractivity contribution in [3.05, 3.63) is 47.5 Å². The molecular formula is C12H16ClNO. The van der Waals surface area contributed by atoms with E-state index in [1.807, 2.05) is 12.1 Å². The molecule has 0 amide bonds. The molecule has 1 aromatic rings. The van der Waals surface area contributed by atoms with Gasteiger partial charge in [0.1, 0.15) is 0 Å². The molecule has 1 unspecified atom stereocenters. The van der Waals surface area contributed by atoms with E-state index in [0.717, 1.165) is 18.7 Å². The molecule has 82 valence electrons. The summed E-state index contributed by atoms with van der Waals surface area (Å²) in [6.45, 7) is 5.15. The Bertz CT molecular complexity index is 297. The lowest BCUT2D eigenvalue weighted by molar-refractivity contribution is 0.167. The van der Waals surface area contributed by atoms with Crippen molar-refractivity contribution in [3.8, 4) is 0 Å². The second-order valence-corrected chi connectivity index (χ2v) is 3.79. The van der Waals surface area contributed by atoms with E-state index in [2.05, 4.69) is 11.9 Å². The second-order valence-electron chi connectivity index (χ2n) is 3.35. The third-order valence-corrected chi connectivity index (χ3v) is 2.39. The highest BCUT2D eigenvalue weighted by atomic mass is 35.5. The minimum atomic E-state index is -0.431. The fraction of sp³-hybridized carbons (Fsp3) is 0.333. The van der Waals surface area contributed by atoms with Gasteiger partial charge in [-0.2, -0.15) is 0 Å². The van der Waals surface area contributed by atoms with Gasteiger partial charge in [0.15, 0.2) is 0 Å². The molecule has 2 nitrogen and oxygen atoms in total. The number of hydrogen-bond donors (Lipinski definition) is 2. The monoisotopic (exact) mass is 225 g/mol. The van der Waals surface area contributed by atoms with Crippen LogP contribution < -0.4 is 5.32 Å². The normalized spacial score (nSPS) is 12.4. The predicted molar refractivity (Wildman–Crippen MR) is 64.1 cm³/mol. The molecule has 0 aromatic heterocycles. The minimum absolute atomic E-state index is 0.431. The van der Waals surface area contributed by atoms with Crippen molar-refractivity contribution in [2.45, 2.75) is 12.5 Å². The maximum Gasteiger partial charge on any atom is 0.0802 e. The first-order valence-electron chi connectivity index (χ1n) is 4.99. The lowest BCUT2D eigenvalue weighted by Gasteiger charge is -2.10. The summed E-state index contributed by atoms with van der Waals surface area (Å²) in [5.41, 5.74) is 0.903. The molecule has 0 aliphatic heterocycles. The van der Waals surface area contributed by atoms with E-state index < -0.39 is 6.10 Å². The van der Waals surface area contributed by atoms with Gasteiger partial charge in [0, 0.05) is 11.6 Å². The van der Waals surface area contributed by atoms with Crippen molar-refractivity contribution >= 4 is 11.6 Å². The number of nitrogens with one attached hydrogen (secondary N) is 1. The molecule has 15 heavy (non-hydrogen) atoms. The standard InChI is InChI=1S/C12H16ClNO/c1-2-8-14-9-7-12(15)10-3-5-11(13)6-4-10/h2-6,12,14-15H,1,7-9H2. The van der Waals surface area contributed by atoms with Crippen LogP contribution in [0.3, 0.4) is 0 Å². The van der Waals surface area contributed by atoms with Gasteiger partial charge in [-0.25, -0.2) is 0 Å². The molecule has 0 aliphatic rings. The number of rotatable bonds is 6. The van der Waals surface area contributed by atoms with E-state index in [4.69, 9.17) is 11.6 Å². The maximum atomic E-state index is 9.80. The molecule has 2 N–H and O–H groups in total. The van der Waals surface area contributed by atoms with Crippen molar-refractivity contribution in [1.29, 1.82) is 0 Å². The summed E-state index contributed by atoms with van der Waals surface area (Å²) in [6.07, 6.45) is 2.06. The smallest absolute Gasteiger partial charge is 0.0802 e. The van der Waals surface area contributed by atoms with E-state index in [1.54, 1.807) is 18.2 Å². The van der Waals surface area contributed by atoms with Crippen molar-refractivity contribution in [3.63, 3.8) is 0 Å². The number of aliphatic hydroxyl groups is 1. The van der Waals surface area contributed by atoms with E-state index in [-0.39, 0.29) is 0 Å². The van der Waals surface area contributed by atoms with Gasteiger partial charge in [0.25, 0.3) is 0 Å². The zero-order valence-electron chi connectivity index (χ0n) is 8.62. The Balaban J connectivity index is 2.36. The van der Waals surface area contributed by atoms with Gasteiger partial charge in [-0.05, 0) is 30.7 Å². The van der Waals surface area contributed by atoms with Crippen molar-refractivity contribution in [1.82, 2.24) is 5.32 Å². The average Bonchev–Trinajstić information content (AvgIpc) is 2.25. The summed E-state index contributed by atoms with van der Waals surface area (Å²) in [5, 5.41) is 13.6. The largest absolute Gasteiger partial charge is 0.388 e. The molecule has 1 aromatic carbocycles. The van der Waals surface area contributed by atoms with Crippen LogP contribution in [0.2, 0.25) is 5.02 Å². The molecule has 0 radical (unpaired) electrons. The summed E-state index contributed by atoms with van der Waals surface area (Å²) in [6, 6.07) is 7.27. The Morgan fingerprint density at radius 3 is 2.67 bits per heavy atom. The highest BCUT2D eigenvalue weighted by molar-refractivity contribution is 6.30. The van der Waals surface area contributed by atoms with E-state index >= 15 is 0 Å². The summed E-state index contributed by atoms with van der Waals surface area (Å²) >= 11 is 5.76. The number of hydrogen-bond acceptors (Lipinski definition) is 2. The van der Waals surface area contributed by atoms with Gasteiger partial charge in [-0.1, -0.05) is 29.8 Å². The molecule has 0 bridgehead atoms. The zero-order valence-corrected chi connectivity index (χ0v) is 9.37. The van der Waals surface area contributed by atoms with Crippen LogP contribution in [0.15, 0.2) is 36.9 Å². The Morgan fingerprint density at radius 2 is 2.07 bits per heavy atom. The predicted octanol–water partition coefficient (Wildman–Crippen LogP) is 2.54. The van der Waals surface area contributed by atoms with Crippen LogP contribution in [0.5, 0.6) is 0 Å². The average molecular weight is 226 g/mol. The molecule has 0 saturated heterocycles. The first kappa shape index (κ1) is 12.2. The van der Waals surface area contributed by atoms with Crippen LogP contribution in [-0.2, 0) is 0 Å². The third-order valence-electron chi connectivity index (χ3n) is 2.14. The van der Waals surface area contributed by atoms with Crippen LogP contribution in [-0.4, -0.2) is 18.2 Å². The van der Waals surface area contributed by atoms with Crippen molar-refractivity contribution in [2.75, 3.05) is 13.1 Å². The fourth-order valence-electron chi connectivity index (χ4n) is 1.29. The van der Waals surface area contributed by atoms with Crippen LogP contribution in [0.25, 0.3) is 0 Å². The van der Waals surface area contributed by atoms with Crippen LogP contribution in [0.1, 0.15) is 18.1 Å². The first-order chi connectivity index (χ1) is 7.24. The molecule has 0 fully saturated rings. The number of aliphatic hydroxyl groups excluding tert-OH is 1. The Morgan fingerprint density at radius 1 is 1.40 bits per heavy atom. The molecule has 1 rings (SSSR count). The van der Waals surface area contributed by atoms with E-state index in [0.29, 0.717) is 11.4 Å². The Kier molecular flexibility index (Phi) is 5.40. The van der Waals surface area contributed by atoms with Crippen molar-refractivity contribution < 1.29 is 5.11 Å². The lowest BCUT2D eigenvalue weighted by atomic mass is 10.1. The summed E-state index contributed by atoms with van der Waals surface area (Å²) < 4.78 is 0. The van der Waals surface area contributed by atoms with Gasteiger partial charge in [0.2, 0.25) is 0 Å². The van der Waals surface area contributed by atoms with E-state index in [1.165, 1.54) is 0 Å². The molecule has 3 heteroatoms. The number of benzene rings is 1. The van der Waals surface area contributed by atoms with Gasteiger partial charge in [-0.15, -0.1) is 6.58 Å². The SMILES string of the molecule is C=CCNCCC(O)c1ccc(Cl)cc1. The van der Waals surface area contributed by atoms with Gasteiger partial charge in [-0.3, -0.25) is 0 Å². The van der Waals surface area contributed by atoms with Crippen LogP contribution >= 0.6 is 11.6 Å². The molecule has 0 heterocycles. The third kappa shape index (κ3) is 4.47. The van der Waals surface area contributed by atoms with Crippen LogP contribution in [0.4, 0.5) is 0 Å². The molecule has 1 atom stereocenters. The van der Waals surface area contributed by atoms with Gasteiger partial charge >= 0.3 is 0 Å².